The second kappa shape index (κ2) is 6.90. The third-order valence-corrected chi connectivity index (χ3v) is 3.86. The Labute approximate surface area is 140 Å². The molecule has 6 heteroatoms. The van der Waals surface area contributed by atoms with E-state index in [0.29, 0.717) is 16.9 Å². The van der Waals surface area contributed by atoms with E-state index in [9.17, 15) is 4.79 Å². The quantitative estimate of drug-likeness (QED) is 0.661. The molecule has 0 aromatic heterocycles. The molecule has 126 valence electrons. The zero-order valence-electron chi connectivity index (χ0n) is 13.3. The van der Waals surface area contributed by atoms with Gasteiger partial charge in [-0.1, -0.05) is 36.4 Å². The van der Waals surface area contributed by atoms with E-state index in [4.69, 9.17) is 25.7 Å². The van der Waals surface area contributed by atoms with E-state index in [0.717, 1.165) is 5.56 Å². The number of benzene rings is 2. The number of carbonyl (C=O) groups is 1. The molecule has 0 spiro atoms. The van der Waals surface area contributed by atoms with Crippen molar-refractivity contribution in [3.8, 4) is 0 Å². The van der Waals surface area contributed by atoms with Gasteiger partial charge in [-0.05, 0) is 19.1 Å². The van der Waals surface area contributed by atoms with Crippen LogP contribution in [-0.2, 0) is 19.0 Å². The van der Waals surface area contributed by atoms with Crippen LogP contribution in [0.5, 0.6) is 0 Å². The second-order valence-corrected chi connectivity index (χ2v) is 5.46. The van der Waals surface area contributed by atoms with E-state index >= 15 is 0 Å². The van der Waals surface area contributed by atoms with Crippen molar-refractivity contribution >= 4 is 17.3 Å². The molecule has 3 atom stereocenters. The predicted octanol–water partition coefficient (Wildman–Crippen LogP) is 2.57. The van der Waals surface area contributed by atoms with Crippen LogP contribution in [0.2, 0.25) is 0 Å². The molecule has 6 nitrogen and oxygen atoms in total. The van der Waals surface area contributed by atoms with E-state index < -0.39 is 24.5 Å². The third-order valence-electron chi connectivity index (χ3n) is 3.86. The first-order chi connectivity index (χ1) is 11.6. The molecule has 0 saturated carbocycles. The van der Waals surface area contributed by atoms with Gasteiger partial charge < -0.3 is 25.7 Å². The lowest BCUT2D eigenvalue weighted by atomic mass is 10.0. The van der Waals surface area contributed by atoms with Crippen molar-refractivity contribution in [3.63, 3.8) is 0 Å². The van der Waals surface area contributed by atoms with Crippen molar-refractivity contribution in [1.29, 1.82) is 0 Å². The number of hydrogen-bond acceptors (Lipinski definition) is 6. The molecular weight excluding hydrogens is 308 g/mol. The molecule has 0 bridgehead atoms. The fourth-order valence-electron chi connectivity index (χ4n) is 2.76. The molecule has 1 aliphatic rings. The van der Waals surface area contributed by atoms with Crippen molar-refractivity contribution < 1.29 is 19.0 Å². The van der Waals surface area contributed by atoms with Gasteiger partial charge in [-0.3, -0.25) is 0 Å². The molecule has 1 saturated heterocycles. The minimum absolute atomic E-state index is 0.251. The van der Waals surface area contributed by atoms with Gasteiger partial charge in [-0.25, -0.2) is 4.79 Å². The first-order valence-electron chi connectivity index (χ1n) is 7.78. The summed E-state index contributed by atoms with van der Waals surface area (Å²) in [5, 5.41) is 0. The van der Waals surface area contributed by atoms with Gasteiger partial charge in [0, 0.05) is 22.5 Å². The van der Waals surface area contributed by atoms with Crippen LogP contribution >= 0.6 is 0 Å². The van der Waals surface area contributed by atoms with Crippen molar-refractivity contribution in [2.75, 3.05) is 18.1 Å². The number of hydrogen-bond donors (Lipinski definition) is 2. The van der Waals surface area contributed by atoms with Gasteiger partial charge >= 0.3 is 5.97 Å². The zero-order chi connectivity index (χ0) is 17.1. The molecule has 2 aromatic rings. The normalized spacial score (nSPS) is 23.1. The van der Waals surface area contributed by atoms with Gasteiger partial charge in [0.15, 0.2) is 12.4 Å². The second-order valence-electron chi connectivity index (χ2n) is 5.46. The van der Waals surface area contributed by atoms with Crippen molar-refractivity contribution in [1.82, 2.24) is 0 Å². The first-order valence-corrected chi connectivity index (χ1v) is 7.78. The van der Waals surface area contributed by atoms with Crippen molar-refractivity contribution in [2.24, 2.45) is 0 Å². The van der Waals surface area contributed by atoms with Crippen LogP contribution in [0.4, 0.5) is 11.4 Å². The Morgan fingerprint density at radius 3 is 2.33 bits per heavy atom. The Kier molecular flexibility index (Phi) is 4.69. The smallest absolute Gasteiger partial charge is 0.338 e. The predicted molar refractivity (Wildman–Crippen MR) is 89.8 cm³/mol. The number of nitrogens with two attached hydrogens (primary N) is 2. The number of carbonyl (C=O) groups excluding carboxylic acids is 1. The van der Waals surface area contributed by atoms with Gasteiger partial charge in [0.05, 0.1) is 6.61 Å². The van der Waals surface area contributed by atoms with Gasteiger partial charge in [0.2, 0.25) is 0 Å². The summed E-state index contributed by atoms with van der Waals surface area (Å²) in [6.07, 6.45) is -2.35. The molecule has 1 unspecified atom stereocenters. The number of anilines is 2. The number of rotatable bonds is 4. The zero-order valence-corrected chi connectivity index (χ0v) is 13.3. The summed E-state index contributed by atoms with van der Waals surface area (Å²) in [5.74, 6) is -0.497. The maximum Gasteiger partial charge on any atom is 0.338 e. The number of nitrogen functional groups attached to an aromatic ring is 2. The lowest BCUT2D eigenvalue weighted by Gasteiger charge is -2.19. The average molecular weight is 328 g/mol. The van der Waals surface area contributed by atoms with E-state index in [1.165, 1.54) is 0 Å². The highest BCUT2D eigenvalue weighted by Crippen LogP contribution is 2.44. The Morgan fingerprint density at radius 1 is 1.04 bits per heavy atom. The van der Waals surface area contributed by atoms with Crippen LogP contribution in [0.1, 0.15) is 30.4 Å². The van der Waals surface area contributed by atoms with Gasteiger partial charge in [-0.2, -0.15) is 0 Å². The molecule has 4 N–H and O–H groups in total. The van der Waals surface area contributed by atoms with Crippen LogP contribution < -0.4 is 11.5 Å². The van der Waals surface area contributed by atoms with Crippen LogP contribution in [0.3, 0.4) is 0 Å². The summed E-state index contributed by atoms with van der Waals surface area (Å²) in [7, 11) is 0. The topological polar surface area (TPSA) is 96.8 Å². The highest BCUT2D eigenvalue weighted by Gasteiger charge is 2.44. The highest BCUT2D eigenvalue weighted by molar-refractivity contribution is 5.78. The van der Waals surface area contributed by atoms with E-state index in [1.54, 1.807) is 25.1 Å². The summed E-state index contributed by atoms with van der Waals surface area (Å²) in [5.41, 5.74) is 14.4. The van der Waals surface area contributed by atoms with E-state index in [2.05, 4.69) is 0 Å². The molecule has 0 amide bonds. The summed E-state index contributed by atoms with van der Waals surface area (Å²) in [6.45, 7) is 1.99. The van der Waals surface area contributed by atoms with Crippen molar-refractivity contribution in [3.05, 3.63) is 59.7 Å². The van der Waals surface area contributed by atoms with E-state index in [1.807, 2.05) is 30.3 Å². The monoisotopic (exact) mass is 328 g/mol. The molecule has 3 rings (SSSR count). The van der Waals surface area contributed by atoms with Crippen LogP contribution in [0.25, 0.3) is 0 Å². The average Bonchev–Trinajstić information content (AvgIpc) is 3.01. The molecule has 1 fully saturated rings. The minimum atomic E-state index is -0.929. The lowest BCUT2D eigenvalue weighted by molar-refractivity contribution is -0.157. The van der Waals surface area contributed by atoms with Crippen LogP contribution in [0, 0.1) is 0 Å². The van der Waals surface area contributed by atoms with Crippen LogP contribution in [0.15, 0.2) is 48.5 Å². The van der Waals surface area contributed by atoms with Gasteiger partial charge in [0.1, 0.15) is 6.10 Å². The molecule has 1 heterocycles. The fourth-order valence-corrected chi connectivity index (χ4v) is 2.76. The third kappa shape index (κ3) is 3.06. The maximum absolute atomic E-state index is 12.3. The number of ether oxygens (including phenoxy) is 3. The van der Waals surface area contributed by atoms with Crippen molar-refractivity contribution in [2.45, 2.75) is 25.4 Å². The Hall–Kier alpha value is -2.57. The SMILES string of the molecule is CCOC(=O)[C@@H]1OC(c2ccccc2)O[C@H]1c1c(N)cccc1N. The Balaban J connectivity index is 1.96. The molecule has 2 aromatic carbocycles. The Morgan fingerprint density at radius 2 is 1.71 bits per heavy atom. The minimum Gasteiger partial charge on any atom is -0.464 e. The van der Waals surface area contributed by atoms with Crippen LogP contribution in [-0.4, -0.2) is 18.7 Å². The standard InChI is InChI=1S/C18H20N2O4/c1-2-22-17(21)16-15(14-12(19)9-6-10-13(14)20)23-18(24-16)11-7-4-3-5-8-11/h3-10,15-16,18H,2,19-20H2,1H3/t15-,16+,18?/m0/s1. The molecule has 0 aliphatic carbocycles. The summed E-state index contributed by atoms with van der Waals surface area (Å²) >= 11 is 0. The summed E-state index contributed by atoms with van der Waals surface area (Å²) in [4.78, 5) is 12.3. The Bertz CT molecular complexity index is 700. The largest absolute Gasteiger partial charge is 0.464 e. The van der Waals surface area contributed by atoms with Gasteiger partial charge in [0.25, 0.3) is 0 Å². The van der Waals surface area contributed by atoms with E-state index in [-0.39, 0.29) is 6.61 Å². The lowest BCUT2D eigenvalue weighted by Crippen LogP contribution is -2.29. The highest BCUT2D eigenvalue weighted by atomic mass is 16.7. The molecule has 24 heavy (non-hydrogen) atoms. The maximum atomic E-state index is 12.3. The molecular formula is C18H20N2O4. The molecule has 0 radical (unpaired) electrons. The summed E-state index contributed by atoms with van der Waals surface area (Å²) < 4.78 is 16.9. The van der Waals surface area contributed by atoms with Gasteiger partial charge in [-0.15, -0.1) is 0 Å². The fraction of sp³-hybridized carbons (Fsp3) is 0.278. The first kappa shape index (κ1) is 16.3. The number of esters is 1. The molecule has 1 aliphatic heterocycles. The summed E-state index contributed by atoms with van der Waals surface area (Å²) in [6, 6.07) is 14.6.